The van der Waals surface area contributed by atoms with Gasteiger partial charge in [0, 0.05) is 24.1 Å². The summed E-state index contributed by atoms with van der Waals surface area (Å²) in [6, 6.07) is 8.62. The Kier molecular flexibility index (Phi) is 4.32. The maximum atomic E-state index is 12.2. The molecule has 3 heterocycles. The minimum Gasteiger partial charge on any atom is -0.439 e. The van der Waals surface area contributed by atoms with Crippen LogP contribution in [-0.2, 0) is 0 Å². The molecule has 0 unspecified atom stereocenters. The van der Waals surface area contributed by atoms with Crippen molar-refractivity contribution in [3.05, 3.63) is 72.9 Å². The van der Waals surface area contributed by atoms with E-state index in [-0.39, 0.29) is 5.91 Å². The fourth-order valence-corrected chi connectivity index (χ4v) is 2.36. The molecule has 27 heavy (non-hydrogen) atoms. The average molecular weight is 362 g/mol. The molecule has 3 aromatic heterocycles. The van der Waals surface area contributed by atoms with Gasteiger partial charge in [-0.05, 0) is 31.2 Å². The van der Waals surface area contributed by atoms with E-state index >= 15 is 0 Å². The highest BCUT2D eigenvalue weighted by Gasteiger charge is 2.13. The number of anilines is 1. The van der Waals surface area contributed by atoms with Crippen LogP contribution in [0.4, 0.5) is 5.69 Å². The number of carbonyl (C=O) groups excluding carboxylic acids is 1. The second-order valence-electron chi connectivity index (χ2n) is 5.56. The Labute approximate surface area is 153 Å². The van der Waals surface area contributed by atoms with Gasteiger partial charge in [0.15, 0.2) is 0 Å². The third-order valence-corrected chi connectivity index (χ3v) is 3.73. The van der Waals surface area contributed by atoms with Crippen LogP contribution >= 0.6 is 0 Å². The summed E-state index contributed by atoms with van der Waals surface area (Å²) in [6.45, 7) is 1.68. The Morgan fingerprint density at radius 3 is 2.78 bits per heavy atom. The number of nitrogens with one attached hydrogen (secondary N) is 1. The molecule has 0 radical (unpaired) electrons. The van der Waals surface area contributed by atoms with E-state index < -0.39 is 0 Å². The Morgan fingerprint density at radius 1 is 1.22 bits per heavy atom. The molecule has 134 valence electrons. The van der Waals surface area contributed by atoms with E-state index in [1.165, 1.54) is 12.5 Å². The van der Waals surface area contributed by atoms with Gasteiger partial charge in [-0.15, -0.1) is 0 Å². The molecule has 1 aromatic carbocycles. The van der Waals surface area contributed by atoms with E-state index in [0.29, 0.717) is 34.5 Å². The zero-order valence-electron chi connectivity index (χ0n) is 14.2. The van der Waals surface area contributed by atoms with E-state index in [2.05, 4.69) is 25.4 Å². The first kappa shape index (κ1) is 16.5. The third-order valence-electron chi connectivity index (χ3n) is 3.73. The van der Waals surface area contributed by atoms with Crippen molar-refractivity contribution >= 4 is 11.6 Å². The van der Waals surface area contributed by atoms with E-state index in [0.717, 1.165) is 0 Å². The van der Waals surface area contributed by atoms with Crippen molar-refractivity contribution in [2.45, 2.75) is 6.92 Å². The standard InChI is InChI=1S/C18H14N6O3/c1-12-15(9-22-27-12)18(25)23-13-2-4-14(5-3-13)26-17-8-16(20-10-21-17)24-7-6-19-11-24/h2-11H,1H3,(H,23,25). The predicted octanol–water partition coefficient (Wildman–Crippen LogP) is 3.00. The molecule has 0 aliphatic rings. The summed E-state index contributed by atoms with van der Waals surface area (Å²) in [6.07, 6.45) is 7.88. The van der Waals surface area contributed by atoms with Crippen molar-refractivity contribution in [1.29, 1.82) is 0 Å². The SMILES string of the molecule is Cc1oncc1C(=O)Nc1ccc(Oc2cc(-n3ccnc3)ncn2)cc1. The Balaban J connectivity index is 1.45. The number of hydrogen-bond donors (Lipinski definition) is 1. The maximum Gasteiger partial charge on any atom is 0.260 e. The monoisotopic (exact) mass is 362 g/mol. The van der Waals surface area contributed by atoms with Crippen LogP contribution in [0.15, 0.2) is 66.1 Å². The summed E-state index contributed by atoms with van der Waals surface area (Å²) in [5.74, 6) is 1.79. The van der Waals surface area contributed by atoms with Crippen LogP contribution in [0.5, 0.6) is 11.6 Å². The van der Waals surface area contributed by atoms with Crippen LogP contribution < -0.4 is 10.1 Å². The van der Waals surface area contributed by atoms with Gasteiger partial charge in [-0.1, -0.05) is 5.16 Å². The maximum absolute atomic E-state index is 12.2. The number of aromatic nitrogens is 5. The number of carbonyl (C=O) groups is 1. The lowest BCUT2D eigenvalue weighted by Crippen LogP contribution is -2.11. The van der Waals surface area contributed by atoms with Gasteiger partial charge >= 0.3 is 0 Å². The largest absolute Gasteiger partial charge is 0.439 e. The van der Waals surface area contributed by atoms with Gasteiger partial charge in [0.25, 0.3) is 5.91 Å². The first-order valence-electron chi connectivity index (χ1n) is 8.00. The van der Waals surface area contributed by atoms with E-state index in [9.17, 15) is 4.79 Å². The van der Waals surface area contributed by atoms with Gasteiger partial charge in [-0.2, -0.15) is 0 Å². The lowest BCUT2D eigenvalue weighted by Gasteiger charge is -2.08. The summed E-state index contributed by atoms with van der Waals surface area (Å²) in [7, 11) is 0. The number of aryl methyl sites for hydroxylation is 1. The summed E-state index contributed by atoms with van der Waals surface area (Å²) < 4.78 is 12.4. The topological polar surface area (TPSA) is 108 Å². The highest BCUT2D eigenvalue weighted by molar-refractivity contribution is 6.04. The summed E-state index contributed by atoms with van der Waals surface area (Å²) >= 11 is 0. The molecule has 0 atom stereocenters. The molecule has 0 aliphatic carbocycles. The predicted molar refractivity (Wildman–Crippen MR) is 94.9 cm³/mol. The van der Waals surface area contributed by atoms with Gasteiger partial charge in [-0.3, -0.25) is 9.36 Å². The number of ether oxygens (including phenoxy) is 1. The van der Waals surface area contributed by atoms with Crippen LogP contribution in [0, 0.1) is 6.92 Å². The van der Waals surface area contributed by atoms with Gasteiger partial charge in [-0.25, -0.2) is 15.0 Å². The molecule has 4 aromatic rings. The number of amides is 1. The van der Waals surface area contributed by atoms with Crippen LogP contribution in [0.3, 0.4) is 0 Å². The van der Waals surface area contributed by atoms with E-state index in [4.69, 9.17) is 9.26 Å². The molecule has 9 heteroatoms. The minimum atomic E-state index is -0.289. The zero-order chi connectivity index (χ0) is 18.6. The number of hydrogen-bond acceptors (Lipinski definition) is 7. The second-order valence-corrected chi connectivity index (χ2v) is 5.56. The van der Waals surface area contributed by atoms with E-state index in [1.807, 2.05) is 0 Å². The number of benzene rings is 1. The van der Waals surface area contributed by atoms with Crippen molar-refractivity contribution in [3.8, 4) is 17.4 Å². The Morgan fingerprint density at radius 2 is 2.07 bits per heavy atom. The number of nitrogens with zero attached hydrogens (tertiary/aromatic N) is 5. The van der Waals surface area contributed by atoms with Crippen molar-refractivity contribution in [2.75, 3.05) is 5.32 Å². The fourth-order valence-electron chi connectivity index (χ4n) is 2.36. The van der Waals surface area contributed by atoms with Crippen molar-refractivity contribution in [1.82, 2.24) is 24.7 Å². The molecule has 1 amide bonds. The molecular formula is C18H14N6O3. The zero-order valence-corrected chi connectivity index (χ0v) is 14.2. The highest BCUT2D eigenvalue weighted by atomic mass is 16.5. The van der Waals surface area contributed by atoms with Crippen molar-refractivity contribution in [2.24, 2.45) is 0 Å². The second kappa shape index (κ2) is 7.08. The smallest absolute Gasteiger partial charge is 0.260 e. The van der Waals surface area contributed by atoms with Crippen LogP contribution in [-0.4, -0.2) is 30.6 Å². The van der Waals surface area contributed by atoms with Gasteiger partial charge in [0.1, 0.15) is 35.5 Å². The molecule has 1 N–H and O–H groups in total. The first-order chi connectivity index (χ1) is 13.2. The summed E-state index contributed by atoms with van der Waals surface area (Å²) in [5, 5.41) is 6.37. The average Bonchev–Trinajstić information content (AvgIpc) is 3.35. The van der Waals surface area contributed by atoms with Crippen LogP contribution in [0.25, 0.3) is 5.82 Å². The summed E-state index contributed by atoms with van der Waals surface area (Å²) in [4.78, 5) is 24.4. The van der Waals surface area contributed by atoms with Gasteiger partial charge < -0.3 is 14.6 Å². The lowest BCUT2D eigenvalue weighted by atomic mass is 10.2. The fraction of sp³-hybridized carbons (Fsp3) is 0.0556. The van der Waals surface area contributed by atoms with Crippen LogP contribution in [0.2, 0.25) is 0 Å². The van der Waals surface area contributed by atoms with Crippen LogP contribution in [0.1, 0.15) is 16.1 Å². The molecule has 0 saturated carbocycles. The van der Waals surface area contributed by atoms with Gasteiger partial charge in [0.2, 0.25) is 5.88 Å². The minimum absolute atomic E-state index is 0.289. The van der Waals surface area contributed by atoms with Crippen molar-refractivity contribution in [3.63, 3.8) is 0 Å². The molecule has 4 rings (SSSR count). The number of imidazole rings is 1. The Hall–Kier alpha value is -4.01. The molecular weight excluding hydrogens is 348 g/mol. The first-order valence-corrected chi connectivity index (χ1v) is 8.00. The van der Waals surface area contributed by atoms with Crippen molar-refractivity contribution < 1.29 is 14.1 Å². The molecule has 0 bridgehead atoms. The quantitative estimate of drug-likeness (QED) is 0.581. The molecule has 9 nitrogen and oxygen atoms in total. The van der Waals surface area contributed by atoms with E-state index in [1.54, 1.807) is 60.5 Å². The molecule has 0 spiro atoms. The molecule has 0 fully saturated rings. The lowest BCUT2D eigenvalue weighted by molar-refractivity contribution is 0.102. The molecule has 0 saturated heterocycles. The Bertz CT molecular complexity index is 1060. The highest BCUT2D eigenvalue weighted by Crippen LogP contribution is 2.22. The number of rotatable bonds is 5. The summed E-state index contributed by atoms with van der Waals surface area (Å²) in [5.41, 5.74) is 1.01. The van der Waals surface area contributed by atoms with Gasteiger partial charge in [0.05, 0.1) is 6.20 Å². The third kappa shape index (κ3) is 3.66. The molecule has 0 aliphatic heterocycles. The normalized spacial score (nSPS) is 10.6.